The van der Waals surface area contributed by atoms with Gasteiger partial charge in [0.1, 0.15) is 30.0 Å². The van der Waals surface area contributed by atoms with Crippen molar-refractivity contribution in [3.63, 3.8) is 0 Å². The molecule has 2 atom stereocenters. The Balaban J connectivity index is 0.798. The average Bonchev–Trinajstić information content (AvgIpc) is 3.31. The van der Waals surface area contributed by atoms with Crippen LogP contribution in [0.4, 0.5) is 16.3 Å². The molecule has 5 aromatic rings. The van der Waals surface area contributed by atoms with Gasteiger partial charge >= 0.3 is 17.8 Å². The smallest absolute Gasteiger partial charge is 0.410 e. The van der Waals surface area contributed by atoms with E-state index in [-0.39, 0.29) is 68.0 Å². The summed E-state index contributed by atoms with van der Waals surface area (Å²) >= 11 is 0. The summed E-state index contributed by atoms with van der Waals surface area (Å²) in [5.41, 5.74) is 15.7. The number of aromatic amines is 1. The van der Waals surface area contributed by atoms with Crippen LogP contribution in [-0.4, -0.2) is 172 Å². The van der Waals surface area contributed by atoms with E-state index in [1.807, 2.05) is 26.0 Å². The number of carbonyl (C=O) groups excluding carboxylic acids is 4. The number of aromatic nitrogens is 7. The van der Waals surface area contributed by atoms with Gasteiger partial charge in [0.25, 0.3) is 0 Å². The first-order valence-electron chi connectivity index (χ1n) is 29.2. The zero-order valence-electron chi connectivity index (χ0n) is 48.7. The number of amides is 4. The number of hydrogen-bond donors (Lipinski definition) is 7. The van der Waals surface area contributed by atoms with Gasteiger partial charge in [-0.3, -0.25) is 28.8 Å². The number of anilines is 2. The third kappa shape index (κ3) is 19.7. The second kappa shape index (κ2) is 34.0. The molecule has 5 heterocycles. The van der Waals surface area contributed by atoms with Crippen molar-refractivity contribution in [2.24, 2.45) is 17.5 Å². The van der Waals surface area contributed by atoms with Gasteiger partial charge < -0.3 is 70.2 Å². The molecule has 0 saturated carbocycles. The molecule has 27 nitrogen and oxygen atoms in total. The van der Waals surface area contributed by atoms with Crippen LogP contribution in [0.25, 0.3) is 11.2 Å². The maximum atomic E-state index is 13.7. The molecule has 3 aromatic heterocycles. The zero-order chi connectivity index (χ0) is 59.6. The van der Waals surface area contributed by atoms with Crippen LogP contribution in [-0.2, 0) is 75.7 Å². The molecule has 84 heavy (non-hydrogen) atoms. The standard InChI is InChI=1S/C57H85N15O12/c1-4-5-25-82-55-65-50(59)49-52(66-55)72(56(76)64-49)36-41-11-9-40(10-12-41)35-69-21-17-43(18-22-69)51-68-67-46-37-70(23-24-71(46)51)57(77)83-38-42-13-15-44(16-14-42)61-53(74)45(8-6-7-20-58)62-54(75)48(39(2)3)63-47(73)19-26-78-27-28-79-29-30-80-31-32-81-33-34-84-60/h9-16,39,43,45,48H,4-8,17-38,58,60H2,1-3H3,(H,61,74)(H,62,75)(H,63,73)(H,64,76)(H2,59,65,66)/t45-,48-/m0/s1. The minimum absolute atomic E-state index is 0.0140. The number of nitrogen functional groups attached to an aromatic ring is 1. The maximum absolute atomic E-state index is 13.7. The lowest BCUT2D eigenvalue weighted by Gasteiger charge is -2.33. The second-order valence-corrected chi connectivity index (χ2v) is 21.2. The van der Waals surface area contributed by atoms with Crippen LogP contribution in [0.15, 0.2) is 53.3 Å². The molecule has 0 radical (unpaired) electrons. The summed E-state index contributed by atoms with van der Waals surface area (Å²) in [7, 11) is 0. The lowest BCUT2D eigenvalue weighted by Crippen LogP contribution is -2.54. The molecule has 0 spiro atoms. The molecule has 27 heteroatoms. The highest BCUT2D eigenvalue weighted by Gasteiger charge is 2.32. The van der Waals surface area contributed by atoms with Gasteiger partial charge in [0.15, 0.2) is 17.3 Å². The summed E-state index contributed by atoms with van der Waals surface area (Å²) < 4.78 is 36.8. The van der Waals surface area contributed by atoms with E-state index in [1.54, 1.807) is 33.7 Å². The van der Waals surface area contributed by atoms with E-state index < -0.39 is 30.0 Å². The van der Waals surface area contributed by atoms with Gasteiger partial charge in [-0.25, -0.2) is 15.5 Å². The Kier molecular flexibility index (Phi) is 26.1. The molecule has 2 aliphatic rings. The summed E-state index contributed by atoms with van der Waals surface area (Å²) in [5, 5.41) is 17.7. The third-order valence-electron chi connectivity index (χ3n) is 14.5. The SMILES string of the molecule is CCCCOc1nc(N)c2[nH]c(=O)n(Cc3ccc(CN4CCC(c5nnc6n5CCN(C(=O)OCc5ccc(NC(=O)[C@H](CCCCN)NC(=O)[C@@H](NC(=O)CCOCCOCCOCCOCCON)C(C)C)cc5)C6)CC4)cc3)c2n1. The number of piperidine rings is 1. The number of H-pyrrole nitrogens is 1. The number of nitrogens with one attached hydrogen (secondary N) is 4. The van der Waals surface area contributed by atoms with E-state index in [0.717, 1.165) is 62.5 Å². The van der Waals surface area contributed by atoms with Gasteiger partial charge in [0.2, 0.25) is 17.7 Å². The molecule has 1 saturated heterocycles. The van der Waals surface area contributed by atoms with E-state index in [4.69, 9.17) is 45.8 Å². The van der Waals surface area contributed by atoms with Crippen molar-refractivity contribution >= 4 is 46.5 Å². The van der Waals surface area contributed by atoms with E-state index in [2.05, 4.69) is 74.5 Å². The number of unbranched alkanes of at least 4 members (excludes halogenated alkanes) is 2. The number of benzene rings is 2. The fourth-order valence-corrected chi connectivity index (χ4v) is 9.72. The van der Waals surface area contributed by atoms with Crippen LogP contribution in [0.2, 0.25) is 0 Å². The Morgan fingerprint density at radius 1 is 0.750 bits per heavy atom. The van der Waals surface area contributed by atoms with Crippen LogP contribution in [0, 0.1) is 5.92 Å². The molecular weight excluding hydrogens is 1090 g/mol. The van der Waals surface area contributed by atoms with Gasteiger partial charge in [0, 0.05) is 37.7 Å². The molecular formula is C57H85N15O12. The molecule has 0 aliphatic carbocycles. The number of carbonyl (C=O) groups is 4. The fraction of sp³-hybridized carbons (Fsp3) is 0.596. The number of rotatable bonds is 36. The molecule has 0 bridgehead atoms. The zero-order valence-corrected chi connectivity index (χ0v) is 48.7. The lowest BCUT2D eigenvalue weighted by molar-refractivity contribution is -0.132. The Hall–Kier alpha value is -7.11. The van der Waals surface area contributed by atoms with Crippen molar-refractivity contribution in [3.8, 4) is 6.01 Å². The molecule has 2 aromatic carbocycles. The van der Waals surface area contributed by atoms with Crippen molar-refractivity contribution in [2.75, 3.05) is 103 Å². The molecule has 1 fully saturated rings. The van der Waals surface area contributed by atoms with Crippen LogP contribution < -0.4 is 43.7 Å². The monoisotopic (exact) mass is 1170 g/mol. The van der Waals surface area contributed by atoms with Gasteiger partial charge in [-0.05, 0) is 92.9 Å². The van der Waals surface area contributed by atoms with Crippen LogP contribution in [0.1, 0.15) is 106 Å². The summed E-state index contributed by atoms with van der Waals surface area (Å²) in [4.78, 5) is 86.4. The number of fused-ring (bicyclic) bond motifs is 2. The third-order valence-corrected chi connectivity index (χ3v) is 14.5. The first-order valence-corrected chi connectivity index (χ1v) is 29.2. The topological polar surface area (TPSA) is 348 Å². The first kappa shape index (κ1) is 64.5. The number of nitrogens with two attached hydrogens (primary N) is 3. The summed E-state index contributed by atoms with van der Waals surface area (Å²) in [6, 6.07) is 13.6. The largest absolute Gasteiger partial charge is 0.463 e. The fourth-order valence-electron chi connectivity index (χ4n) is 9.72. The number of likely N-dealkylation sites (tertiary alicyclic amines) is 1. The van der Waals surface area contributed by atoms with Crippen molar-refractivity contribution in [1.82, 2.24) is 54.7 Å². The van der Waals surface area contributed by atoms with Gasteiger partial charge in [-0.2, -0.15) is 9.97 Å². The lowest BCUT2D eigenvalue weighted by atomic mass is 9.95. The molecule has 460 valence electrons. The average molecular weight is 1170 g/mol. The first-order chi connectivity index (χ1) is 40.8. The Morgan fingerprint density at radius 2 is 1.40 bits per heavy atom. The van der Waals surface area contributed by atoms with E-state index in [9.17, 15) is 24.0 Å². The molecule has 0 unspecified atom stereocenters. The van der Waals surface area contributed by atoms with Crippen molar-refractivity contribution < 1.29 is 52.4 Å². The number of hydrogen-bond acceptors (Lipinski definition) is 20. The van der Waals surface area contributed by atoms with Crippen LogP contribution in [0.5, 0.6) is 6.01 Å². The second-order valence-electron chi connectivity index (χ2n) is 21.2. The maximum Gasteiger partial charge on any atom is 0.410 e. The summed E-state index contributed by atoms with van der Waals surface area (Å²) in [5.74, 6) is 5.49. The Bertz CT molecular complexity index is 2890. The Morgan fingerprint density at radius 3 is 2.06 bits per heavy atom. The van der Waals surface area contributed by atoms with Crippen molar-refractivity contribution in [1.29, 1.82) is 0 Å². The normalized spacial score (nSPS) is 14.6. The number of ether oxygens (including phenoxy) is 6. The quantitative estimate of drug-likeness (QED) is 0.0224. The molecule has 10 N–H and O–H groups in total. The van der Waals surface area contributed by atoms with E-state index >= 15 is 0 Å². The van der Waals surface area contributed by atoms with Crippen LogP contribution in [0.3, 0.4) is 0 Å². The minimum atomic E-state index is -0.896. The van der Waals surface area contributed by atoms with Crippen molar-refractivity contribution in [3.05, 3.63) is 87.4 Å². The highest BCUT2D eigenvalue weighted by atomic mass is 16.6. The predicted octanol–water partition coefficient (Wildman–Crippen LogP) is 3.09. The molecule has 7 rings (SSSR count). The molecule has 2 aliphatic heterocycles. The summed E-state index contributed by atoms with van der Waals surface area (Å²) in [6.45, 7) is 13.9. The van der Waals surface area contributed by atoms with E-state index in [1.165, 1.54) is 5.56 Å². The van der Waals surface area contributed by atoms with Gasteiger partial charge in [-0.15, -0.1) is 10.2 Å². The van der Waals surface area contributed by atoms with Gasteiger partial charge in [0.05, 0.1) is 79.2 Å². The predicted molar refractivity (Wildman–Crippen MR) is 311 cm³/mol. The number of imidazole rings is 1. The minimum Gasteiger partial charge on any atom is -0.463 e. The van der Waals surface area contributed by atoms with Crippen molar-refractivity contribution in [2.45, 2.75) is 123 Å². The summed E-state index contributed by atoms with van der Waals surface area (Å²) in [6.07, 6.45) is 4.83. The highest BCUT2D eigenvalue weighted by molar-refractivity contribution is 5.98. The number of nitrogens with zero attached hydrogens (tertiary/aromatic N) is 8. The van der Waals surface area contributed by atoms with E-state index in [0.29, 0.717) is 121 Å². The highest BCUT2D eigenvalue weighted by Crippen LogP contribution is 2.30. The van der Waals surface area contributed by atoms with Gasteiger partial charge in [-0.1, -0.05) is 63.6 Å². The molecule has 4 amide bonds. The Labute approximate surface area is 489 Å². The van der Waals surface area contributed by atoms with Crippen LogP contribution >= 0.6 is 0 Å².